The molecule has 5 aliphatic carbocycles. The van der Waals surface area contributed by atoms with Crippen LogP contribution in [0.5, 0.6) is 0 Å². The molecule has 104 valence electrons. The van der Waals surface area contributed by atoms with Crippen molar-refractivity contribution in [3.05, 3.63) is 0 Å². The van der Waals surface area contributed by atoms with Crippen molar-refractivity contribution >= 4 is 5.91 Å². The van der Waals surface area contributed by atoms with E-state index in [1.54, 1.807) is 0 Å². The van der Waals surface area contributed by atoms with E-state index in [9.17, 15) is 4.79 Å². The summed E-state index contributed by atoms with van der Waals surface area (Å²) in [6, 6.07) is 0.601. The van der Waals surface area contributed by atoms with E-state index in [1.807, 2.05) is 0 Å². The van der Waals surface area contributed by atoms with Gasteiger partial charge in [0.1, 0.15) is 0 Å². The van der Waals surface area contributed by atoms with E-state index in [2.05, 4.69) is 10.2 Å². The fourth-order valence-corrected chi connectivity index (χ4v) is 6.06. The van der Waals surface area contributed by atoms with Crippen molar-refractivity contribution in [3.8, 4) is 0 Å². The second kappa shape index (κ2) is 3.55. The molecule has 6 rings (SSSR count). The van der Waals surface area contributed by atoms with Crippen LogP contribution in [-0.2, 0) is 4.79 Å². The summed E-state index contributed by atoms with van der Waals surface area (Å²) in [5, 5.41) is 3.75. The third kappa shape index (κ3) is 1.45. The maximum absolute atomic E-state index is 12.2. The third-order valence-corrected chi connectivity index (χ3v) is 6.90. The van der Waals surface area contributed by atoms with Crippen LogP contribution in [0.3, 0.4) is 0 Å². The van der Waals surface area contributed by atoms with E-state index in [1.165, 1.54) is 44.9 Å². The minimum atomic E-state index is 0.309. The Hall–Kier alpha value is -0.570. The average Bonchev–Trinajstić information content (AvgIpc) is 3.21. The molecule has 1 aliphatic heterocycles. The summed E-state index contributed by atoms with van der Waals surface area (Å²) in [6.45, 7) is 1.64. The Morgan fingerprint density at radius 3 is 2.21 bits per heavy atom. The van der Waals surface area contributed by atoms with E-state index >= 15 is 0 Å². The molecule has 1 heterocycles. The lowest BCUT2D eigenvalue weighted by molar-refractivity contribution is -0.147. The zero-order chi connectivity index (χ0) is 12.6. The molecule has 3 nitrogen and oxygen atoms in total. The summed E-state index contributed by atoms with van der Waals surface area (Å²) in [5.41, 5.74) is 0.309. The van der Waals surface area contributed by atoms with Crippen LogP contribution >= 0.6 is 0 Å². The van der Waals surface area contributed by atoms with Crippen LogP contribution in [0.4, 0.5) is 0 Å². The molecular weight excluding hydrogens is 236 g/mol. The van der Waals surface area contributed by atoms with Crippen LogP contribution in [0.15, 0.2) is 0 Å². The Morgan fingerprint density at radius 1 is 1.00 bits per heavy atom. The zero-order valence-corrected chi connectivity index (χ0v) is 11.6. The topological polar surface area (TPSA) is 32.3 Å². The quantitative estimate of drug-likeness (QED) is 0.779. The van der Waals surface area contributed by atoms with Crippen molar-refractivity contribution in [1.29, 1.82) is 0 Å². The van der Waals surface area contributed by atoms with Gasteiger partial charge < -0.3 is 10.2 Å². The summed E-state index contributed by atoms with van der Waals surface area (Å²) in [4.78, 5) is 14.4. The Balaban J connectivity index is 1.48. The number of nitrogens with zero attached hydrogens (tertiary/aromatic N) is 1. The van der Waals surface area contributed by atoms with Gasteiger partial charge in [-0.25, -0.2) is 0 Å². The summed E-state index contributed by atoms with van der Waals surface area (Å²) in [6.07, 6.45) is 9.76. The van der Waals surface area contributed by atoms with Gasteiger partial charge in [0.25, 0.3) is 0 Å². The number of nitrogens with one attached hydrogen (secondary N) is 1. The molecule has 1 amide bonds. The van der Waals surface area contributed by atoms with Gasteiger partial charge in [-0.05, 0) is 68.6 Å². The van der Waals surface area contributed by atoms with E-state index in [-0.39, 0.29) is 0 Å². The molecule has 0 aromatic carbocycles. The largest absolute Gasteiger partial charge is 0.337 e. The average molecular weight is 260 g/mol. The number of hydrogen-bond donors (Lipinski definition) is 1. The minimum absolute atomic E-state index is 0.309. The summed E-state index contributed by atoms with van der Waals surface area (Å²) >= 11 is 0. The van der Waals surface area contributed by atoms with Gasteiger partial charge in [-0.3, -0.25) is 4.79 Å². The summed E-state index contributed by atoms with van der Waals surface area (Å²) in [7, 11) is 0. The number of amides is 1. The fraction of sp³-hybridized carbons (Fsp3) is 0.938. The molecule has 1 saturated heterocycles. The van der Waals surface area contributed by atoms with Crippen molar-refractivity contribution in [3.63, 3.8) is 0 Å². The van der Waals surface area contributed by atoms with E-state index in [0.717, 1.165) is 30.2 Å². The van der Waals surface area contributed by atoms with Crippen LogP contribution in [0.25, 0.3) is 0 Å². The van der Waals surface area contributed by atoms with Gasteiger partial charge in [-0.15, -0.1) is 0 Å². The molecule has 0 atom stereocenters. The van der Waals surface area contributed by atoms with E-state index in [0.29, 0.717) is 24.0 Å². The van der Waals surface area contributed by atoms with Crippen LogP contribution in [0.1, 0.15) is 44.9 Å². The predicted molar refractivity (Wildman–Crippen MR) is 72.5 cm³/mol. The standard InChI is InChI=1S/C16H24N2O/c19-15-8-17-16(9-18(15)14-1-2-14)12-4-10-3-11(6-12)7-13(16)5-10/h10-14,17H,1-9H2. The van der Waals surface area contributed by atoms with E-state index < -0.39 is 0 Å². The number of carbonyl (C=O) groups excluding carboxylic acids is 1. The maximum atomic E-state index is 12.2. The Morgan fingerprint density at radius 2 is 1.63 bits per heavy atom. The molecule has 6 fully saturated rings. The predicted octanol–water partition coefficient (Wildman–Crippen LogP) is 1.78. The monoisotopic (exact) mass is 260 g/mol. The number of carbonyl (C=O) groups is 1. The Bertz CT molecular complexity index is 400. The highest BCUT2D eigenvalue weighted by atomic mass is 16.2. The number of rotatable bonds is 1. The lowest BCUT2D eigenvalue weighted by Crippen LogP contribution is -2.73. The molecule has 19 heavy (non-hydrogen) atoms. The normalized spacial score (nSPS) is 52.2. The number of hydrogen-bond acceptors (Lipinski definition) is 2. The zero-order valence-electron chi connectivity index (χ0n) is 11.6. The highest BCUT2D eigenvalue weighted by Gasteiger charge is 2.59. The van der Waals surface area contributed by atoms with Gasteiger partial charge in [0, 0.05) is 18.1 Å². The fourth-order valence-electron chi connectivity index (χ4n) is 6.06. The second-order valence-corrected chi connectivity index (χ2v) is 7.95. The van der Waals surface area contributed by atoms with Gasteiger partial charge in [0.2, 0.25) is 5.91 Å². The molecule has 3 heteroatoms. The van der Waals surface area contributed by atoms with Crippen LogP contribution < -0.4 is 5.32 Å². The first-order valence-corrected chi connectivity index (χ1v) is 8.29. The third-order valence-electron chi connectivity index (χ3n) is 6.90. The first-order chi connectivity index (χ1) is 9.24. The molecular formula is C16H24N2O. The highest BCUT2D eigenvalue weighted by Crippen LogP contribution is 2.59. The van der Waals surface area contributed by atoms with Gasteiger partial charge >= 0.3 is 0 Å². The summed E-state index contributed by atoms with van der Waals surface area (Å²) in [5.74, 6) is 4.11. The molecule has 0 aromatic heterocycles. The smallest absolute Gasteiger partial charge is 0.236 e. The molecule has 0 aromatic rings. The first kappa shape index (κ1) is 11.1. The molecule has 5 saturated carbocycles. The Labute approximate surface area is 115 Å². The minimum Gasteiger partial charge on any atom is -0.337 e. The van der Waals surface area contributed by atoms with Crippen LogP contribution in [0, 0.1) is 23.7 Å². The molecule has 0 unspecified atom stereocenters. The van der Waals surface area contributed by atoms with Gasteiger partial charge in [-0.2, -0.15) is 0 Å². The lowest BCUT2D eigenvalue weighted by Gasteiger charge is -2.63. The van der Waals surface area contributed by atoms with Crippen LogP contribution in [0.2, 0.25) is 0 Å². The van der Waals surface area contributed by atoms with Crippen LogP contribution in [-0.4, -0.2) is 35.5 Å². The molecule has 6 aliphatic rings. The number of piperazine rings is 1. The maximum Gasteiger partial charge on any atom is 0.236 e. The van der Waals surface area contributed by atoms with Crippen molar-refractivity contribution in [2.75, 3.05) is 13.1 Å². The molecule has 0 radical (unpaired) electrons. The van der Waals surface area contributed by atoms with Crippen molar-refractivity contribution in [1.82, 2.24) is 10.2 Å². The lowest BCUT2D eigenvalue weighted by atomic mass is 9.48. The van der Waals surface area contributed by atoms with Crippen molar-refractivity contribution in [2.45, 2.75) is 56.5 Å². The molecule has 1 spiro atoms. The van der Waals surface area contributed by atoms with Crippen molar-refractivity contribution < 1.29 is 4.79 Å². The highest BCUT2D eigenvalue weighted by molar-refractivity contribution is 5.80. The van der Waals surface area contributed by atoms with Gasteiger partial charge in [0.05, 0.1) is 6.54 Å². The second-order valence-electron chi connectivity index (χ2n) is 7.95. The Kier molecular flexibility index (Phi) is 2.08. The van der Waals surface area contributed by atoms with Gasteiger partial charge in [0.15, 0.2) is 0 Å². The SMILES string of the molecule is O=C1CNC2(CN1C1CC1)C1CC3CC(C1)CC2C3. The molecule has 4 bridgehead atoms. The van der Waals surface area contributed by atoms with E-state index in [4.69, 9.17) is 0 Å². The first-order valence-electron chi connectivity index (χ1n) is 8.29. The summed E-state index contributed by atoms with van der Waals surface area (Å²) < 4.78 is 0. The van der Waals surface area contributed by atoms with Gasteiger partial charge in [-0.1, -0.05) is 0 Å². The van der Waals surface area contributed by atoms with Crippen molar-refractivity contribution in [2.24, 2.45) is 23.7 Å². The molecule has 1 N–H and O–H groups in total.